The van der Waals surface area contributed by atoms with Gasteiger partial charge in [0, 0.05) is 18.7 Å². The van der Waals surface area contributed by atoms with Crippen LogP contribution in [0.1, 0.15) is 67.2 Å². The first-order chi connectivity index (χ1) is 7.85. The molecule has 0 radical (unpaired) electrons. The molecule has 0 rings (SSSR count). The fourth-order valence-corrected chi connectivity index (χ4v) is 2.18. The average molecular weight is 243 g/mol. The summed E-state index contributed by atoms with van der Waals surface area (Å²) in [5.74, 6) is 0.780. The van der Waals surface area contributed by atoms with Gasteiger partial charge in [0.2, 0.25) is 0 Å². The molecule has 2 heteroatoms. The van der Waals surface area contributed by atoms with Crippen molar-refractivity contribution in [3.63, 3.8) is 0 Å². The minimum absolute atomic E-state index is 0.214. The second-order valence-corrected chi connectivity index (χ2v) is 6.45. The summed E-state index contributed by atoms with van der Waals surface area (Å²) in [6.45, 7) is 13.8. The topological polar surface area (TPSA) is 32.3 Å². The van der Waals surface area contributed by atoms with Crippen LogP contribution >= 0.6 is 0 Å². The van der Waals surface area contributed by atoms with Crippen molar-refractivity contribution >= 4 is 0 Å². The van der Waals surface area contributed by atoms with Crippen LogP contribution in [0.3, 0.4) is 0 Å². The maximum absolute atomic E-state index is 9.17. The maximum Gasteiger partial charge on any atom is 0.0446 e. The monoisotopic (exact) mass is 243 g/mol. The minimum Gasteiger partial charge on any atom is -0.396 e. The molecule has 0 heterocycles. The van der Waals surface area contributed by atoms with Crippen LogP contribution in [-0.2, 0) is 0 Å². The number of aliphatic hydroxyl groups excluding tert-OH is 1. The fourth-order valence-electron chi connectivity index (χ4n) is 2.18. The molecule has 0 saturated carbocycles. The number of nitrogens with one attached hydrogen (secondary N) is 1. The molecule has 0 aliphatic rings. The SMILES string of the molecule is CCC(C)CC(CC)NC(CCO)C(C)(C)C. The van der Waals surface area contributed by atoms with Gasteiger partial charge in [-0.25, -0.2) is 0 Å². The molecule has 2 nitrogen and oxygen atoms in total. The Hall–Kier alpha value is -0.0800. The zero-order valence-electron chi connectivity index (χ0n) is 12.7. The number of aliphatic hydroxyl groups is 1. The van der Waals surface area contributed by atoms with Gasteiger partial charge in [0.05, 0.1) is 0 Å². The highest BCUT2D eigenvalue weighted by Gasteiger charge is 2.26. The highest BCUT2D eigenvalue weighted by molar-refractivity contribution is 4.83. The van der Waals surface area contributed by atoms with Crippen molar-refractivity contribution in [2.45, 2.75) is 79.3 Å². The predicted octanol–water partition coefficient (Wildman–Crippen LogP) is 3.59. The van der Waals surface area contributed by atoms with Crippen LogP contribution in [0.25, 0.3) is 0 Å². The Labute approximate surface area is 108 Å². The van der Waals surface area contributed by atoms with E-state index in [1.807, 2.05) is 0 Å². The molecule has 2 N–H and O–H groups in total. The highest BCUT2D eigenvalue weighted by Crippen LogP contribution is 2.23. The molecule has 0 spiro atoms. The average Bonchev–Trinajstić information content (AvgIpc) is 2.25. The van der Waals surface area contributed by atoms with Crippen LogP contribution in [0.4, 0.5) is 0 Å². The lowest BCUT2D eigenvalue weighted by Gasteiger charge is -2.35. The quantitative estimate of drug-likeness (QED) is 0.683. The molecule has 0 amide bonds. The zero-order valence-corrected chi connectivity index (χ0v) is 12.7. The van der Waals surface area contributed by atoms with E-state index < -0.39 is 0 Å². The summed E-state index contributed by atoms with van der Waals surface area (Å²) in [6, 6.07) is 0.988. The van der Waals surface area contributed by atoms with Crippen LogP contribution in [0.15, 0.2) is 0 Å². The third-order valence-corrected chi connectivity index (χ3v) is 3.78. The molecular weight excluding hydrogens is 210 g/mol. The molecule has 3 atom stereocenters. The normalized spacial score (nSPS) is 17.8. The van der Waals surface area contributed by atoms with Crippen molar-refractivity contribution in [3.8, 4) is 0 Å². The molecule has 104 valence electrons. The lowest BCUT2D eigenvalue weighted by atomic mass is 9.83. The van der Waals surface area contributed by atoms with Crippen molar-refractivity contribution in [2.24, 2.45) is 11.3 Å². The van der Waals surface area contributed by atoms with Crippen molar-refractivity contribution in [3.05, 3.63) is 0 Å². The fraction of sp³-hybridized carbons (Fsp3) is 1.00. The second kappa shape index (κ2) is 8.10. The predicted molar refractivity (Wildman–Crippen MR) is 76.2 cm³/mol. The summed E-state index contributed by atoms with van der Waals surface area (Å²) < 4.78 is 0. The smallest absolute Gasteiger partial charge is 0.0446 e. The van der Waals surface area contributed by atoms with Gasteiger partial charge < -0.3 is 10.4 Å². The van der Waals surface area contributed by atoms with E-state index in [0.717, 1.165) is 12.3 Å². The standard InChI is InChI=1S/C15H33NO/c1-7-12(3)11-13(8-2)16-14(9-10-17)15(4,5)6/h12-14,16-17H,7-11H2,1-6H3. The van der Waals surface area contributed by atoms with E-state index in [0.29, 0.717) is 12.1 Å². The Morgan fingerprint density at radius 3 is 2.06 bits per heavy atom. The molecular formula is C15H33NO. The van der Waals surface area contributed by atoms with E-state index in [9.17, 15) is 5.11 Å². The van der Waals surface area contributed by atoms with E-state index in [1.54, 1.807) is 0 Å². The van der Waals surface area contributed by atoms with E-state index in [-0.39, 0.29) is 12.0 Å². The Morgan fingerprint density at radius 1 is 1.12 bits per heavy atom. The number of rotatable bonds is 8. The summed E-state index contributed by atoms with van der Waals surface area (Å²) in [4.78, 5) is 0. The van der Waals surface area contributed by atoms with E-state index in [4.69, 9.17) is 0 Å². The molecule has 0 aromatic carbocycles. The third kappa shape index (κ3) is 7.05. The van der Waals surface area contributed by atoms with Gasteiger partial charge in [-0.05, 0) is 30.6 Å². The van der Waals surface area contributed by atoms with E-state index in [1.165, 1.54) is 19.3 Å². The summed E-state index contributed by atoms with van der Waals surface area (Å²) in [7, 11) is 0. The Kier molecular flexibility index (Phi) is 8.06. The van der Waals surface area contributed by atoms with Gasteiger partial charge in [-0.1, -0.05) is 48.0 Å². The van der Waals surface area contributed by atoms with Crippen LogP contribution in [0, 0.1) is 11.3 Å². The molecule has 0 bridgehead atoms. The first-order valence-corrected chi connectivity index (χ1v) is 7.22. The molecule has 0 aliphatic heterocycles. The molecule has 3 unspecified atom stereocenters. The zero-order chi connectivity index (χ0) is 13.5. The van der Waals surface area contributed by atoms with Crippen molar-refractivity contribution in [2.75, 3.05) is 6.61 Å². The first kappa shape index (κ1) is 16.9. The van der Waals surface area contributed by atoms with Crippen molar-refractivity contribution < 1.29 is 5.11 Å². The summed E-state index contributed by atoms with van der Waals surface area (Å²) in [5.41, 5.74) is 0.214. The largest absolute Gasteiger partial charge is 0.396 e. The second-order valence-electron chi connectivity index (χ2n) is 6.45. The van der Waals surface area contributed by atoms with Crippen LogP contribution in [0.5, 0.6) is 0 Å². The maximum atomic E-state index is 9.17. The molecule has 0 saturated heterocycles. The Bertz CT molecular complexity index is 186. The molecule has 0 aliphatic carbocycles. The van der Waals surface area contributed by atoms with E-state index >= 15 is 0 Å². The van der Waals surface area contributed by atoms with E-state index in [2.05, 4.69) is 46.9 Å². The molecule has 0 fully saturated rings. The lowest BCUT2D eigenvalue weighted by molar-refractivity contribution is 0.177. The van der Waals surface area contributed by atoms with Gasteiger partial charge in [-0.3, -0.25) is 0 Å². The van der Waals surface area contributed by atoms with Gasteiger partial charge in [-0.2, -0.15) is 0 Å². The van der Waals surface area contributed by atoms with Crippen molar-refractivity contribution in [1.82, 2.24) is 5.32 Å². The summed E-state index contributed by atoms with van der Waals surface area (Å²) in [6.07, 6.45) is 4.51. The lowest BCUT2D eigenvalue weighted by Crippen LogP contribution is -2.46. The Balaban J connectivity index is 4.38. The highest BCUT2D eigenvalue weighted by atomic mass is 16.3. The molecule has 0 aromatic rings. The first-order valence-electron chi connectivity index (χ1n) is 7.22. The Morgan fingerprint density at radius 2 is 1.71 bits per heavy atom. The summed E-state index contributed by atoms with van der Waals surface area (Å²) >= 11 is 0. The number of hydrogen-bond donors (Lipinski definition) is 2. The third-order valence-electron chi connectivity index (χ3n) is 3.78. The molecule has 0 aromatic heterocycles. The number of hydrogen-bond acceptors (Lipinski definition) is 2. The van der Waals surface area contributed by atoms with Crippen LogP contribution < -0.4 is 5.32 Å². The summed E-state index contributed by atoms with van der Waals surface area (Å²) in [5, 5.41) is 12.9. The van der Waals surface area contributed by atoms with Crippen LogP contribution in [0.2, 0.25) is 0 Å². The van der Waals surface area contributed by atoms with Crippen LogP contribution in [-0.4, -0.2) is 23.8 Å². The van der Waals surface area contributed by atoms with Gasteiger partial charge in [0.1, 0.15) is 0 Å². The molecule has 17 heavy (non-hydrogen) atoms. The van der Waals surface area contributed by atoms with Gasteiger partial charge in [0.25, 0.3) is 0 Å². The minimum atomic E-state index is 0.214. The van der Waals surface area contributed by atoms with Crippen molar-refractivity contribution in [1.29, 1.82) is 0 Å². The van der Waals surface area contributed by atoms with Gasteiger partial charge in [-0.15, -0.1) is 0 Å². The van der Waals surface area contributed by atoms with Gasteiger partial charge in [0.15, 0.2) is 0 Å². The van der Waals surface area contributed by atoms with Gasteiger partial charge >= 0.3 is 0 Å².